The Labute approximate surface area is 177 Å². The molecule has 2 heterocycles. The maximum Gasteiger partial charge on any atom is 0.266 e. The van der Waals surface area contributed by atoms with Gasteiger partial charge in [-0.25, -0.2) is 14.4 Å². The zero-order chi connectivity index (χ0) is 20.8. The summed E-state index contributed by atoms with van der Waals surface area (Å²) in [4.78, 5) is 33.7. The Hall–Kier alpha value is -3.22. The molecule has 150 valence electrons. The van der Waals surface area contributed by atoms with E-state index in [1.807, 2.05) is 30.3 Å². The number of hydrogen-bond donors (Lipinski definition) is 0. The van der Waals surface area contributed by atoms with Gasteiger partial charge in [0.05, 0.1) is 17.4 Å². The van der Waals surface area contributed by atoms with Gasteiger partial charge in [-0.2, -0.15) is 0 Å². The van der Waals surface area contributed by atoms with E-state index >= 15 is 0 Å². The Morgan fingerprint density at radius 1 is 0.800 bits per heavy atom. The molecule has 0 spiro atoms. The maximum absolute atomic E-state index is 13.5. The van der Waals surface area contributed by atoms with Gasteiger partial charge in [0.15, 0.2) is 6.10 Å². The molecule has 2 saturated heterocycles. The molecule has 0 bridgehead atoms. The molecule has 0 aliphatic carbocycles. The molecule has 5 nitrogen and oxygen atoms in total. The van der Waals surface area contributed by atoms with Crippen molar-refractivity contribution < 1.29 is 18.8 Å². The highest BCUT2D eigenvalue weighted by Crippen LogP contribution is 2.47. The van der Waals surface area contributed by atoms with Gasteiger partial charge >= 0.3 is 0 Å². The van der Waals surface area contributed by atoms with Crippen molar-refractivity contribution in [3.63, 3.8) is 0 Å². The topological polar surface area (TPSA) is 49.9 Å². The number of rotatable bonds is 3. The van der Waals surface area contributed by atoms with Gasteiger partial charge in [0.2, 0.25) is 5.91 Å². The third kappa shape index (κ3) is 2.96. The van der Waals surface area contributed by atoms with Crippen molar-refractivity contribution in [2.24, 2.45) is 5.92 Å². The molecule has 0 saturated carbocycles. The number of para-hydroxylation sites is 1. The summed E-state index contributed by atoms with van der Waals surface area (Å²) in [6, 6.07) is 21.1. The molecule has 2 amide bonds. The predicted octanol–water partition coefficient (Wildman–Crippen LogP) is 4.53. The molecular formula is C23H16ClFN2O3. The lowest BCUT2D eigenvalue weighted by Crippen LogP contribution is -2.37. The summed E-state index contributed by atoms with van der Waals surface area (Å²) >= 11 is 5.94. The summed E-state index contributed by atoms with van der Waals surface area (Å²) in [7, 11) is 0. The van der Waals surface area contributed by atoms with Crippen molar-refractivity contribution in [3.8, 4) is 0 Å². The van der Waals surface area contributed by atoms with Gasteiger partial charge in [-0.15, -0.1) is 0 Å². The lowest BCUT2D eigenvalue weighted by Gasteiger charge is -2.28. The van der Waals surface area contributed by atoms with Gasteiger partial charge < -0.3 is 0 Å². The molecule has 2 aliphatic rings. The second-order valence-electron chi connectivity index (χ2n) is 7.20. The quantitative estimate of drug-likeness (QED) is 0.582. The van der Waals surface area contributed by atoms with E-state index in [9.17, 15) is 14.0 Å². The number of hydroxylamine groups is 1. The van der Waals surface area contributed by atoms with Crippen LogP contribution < -0.4 is 9.96 Å². The van der Waals surface area contributed by atoms with Crippen molar-refractivity contribution in [2.75, 3.05) is 9.96 Å². The molecule has 30 heavy (non-hydrogen) atoms. The standard InChI is InChI=1S/C23H16ClFN2O3/c24-15-8-12-17(13-9-15)26-22(28)19-20(14-6-10-16(25)11-7-14)27(30-21(19)23(26)29)18-4-2-1-3-5-18/h1-13,19-21H. The normalized spacial score (nSPS) is 23.2. The molecule has 2 aliphatic heterocycles. The summed E-state index contributed by atoms with van der Waals surface area (Å²) in [5.74, 6) is -1.94. The van der Waals surface area contributed by atoms with Gasteiger partial charge in [-0.3, -0.25) is 14.4 Å². The molecule has 0 aromatic heterocycles. The number of amides is 2. The molecular weight excluding hydrogens is 407 g/mol. The zero-order valence-electron chi connectivity index (χ0n) is 15.6. The second-order valence-corrected chi connectivity index (χ2v) is 7.63. The van der Waals surface area contributed by atoms with E-state index in [4.69, 9.17) is 16.4 Å². The average Bonchev–Trinajstić information content (AvgIpc) is 3.27. The summed E-state index contributed by atoms with van der Waals surface area (Å²) in [5, 5.41) is 2.09. The van der Waals surface area contributed by atoms with Gasteiger partial charge in [-0.05, 0) is 54.1 Å². The number of carbonyl (C=O) groups is 2. The Morgan fingerprint density at radius 3 is 2.13 bits per heavy atom. The molecule has 0 N–H and O–H groups in total. The smallest absolute Gasteiger partial charge is 0.266 e. The lowest BCUT2D eigenvalue weighted by atomic mass is 9.90. The van der Waals surface area contributed by atoms with Crippen LogP contribution in [0.4, 0.5) is 15.8 Å². The zero-order valence-corrected chi connectivity index (χ0v) is 16.4. The van der Waals surface area contributed by atoms with Crippen LogP contribution in [-0.4, -0.2) is 17.9 Å². The number of halogens is 2. The second kappa shape index (κ2) is 7.23. The van der Waals surface area contributed by atoms with Crippen molar-refractivity contribution in [1.29, 1.82) is 0 Å². The van der Waals surface area contributed by atoms with E-state index in [1.54, 1.807) is 41.5 Å². The monoisotopic (exact) mass is 422 g/mol. The molecule has 5 rings (SSSR count). The van der Waals surface area contributed by atoms with E-state index in [1.165, 1.54) is 12.1 Å². The summed E-state index contributed by atoms with van der Waals surface area (Å²) < 4.78 is 13.5. The first kappa shape index (κ1) is 18.8. The molecule has 2 fully saturated rings. The number of imide groups is 1. The van der Waals surface area contributed by atoms with Crippen LogP contribution in [-0.2, 0) is 14.4 Å². The SMILES string of the molecule is O=C1C2ON(c3ccccc3)C(c3ccc(F)cc3)C2C(=O)N1c1ccc(Cl)cc1. The fourth-order valence-corrected chi connectivity index (χ4v) is 4.18. The fourth-order valence-electron chi connectivity index (χ4n) is 4.06. The van der Waals surface area contributed by atoms with Crippen LogP contribution in [0.5, 0.6) is 0 Å². The van der Waals surface area contributed by atoms with E-state index in [2.05, 4.69) is 0 Å². The largest absolute Gasteiger partial charge is 0.273 e. The predicted molar refractivity (Wildman–Crippen MR) is 110 cm³/mol. The van der Waals surface area contributed by atoms with Crippen LogP contribution in [0.1, 0.15) is 11.6 Å². The fraction of sp³-hybridized carbons (Fsp3) is 0.130. The van der Waals surface area contributed by atoms with Crippen molar-refractivity contribution in [1.82, 2.24) is 0 Å². The third-order valence-electron chi connectivity index (χ3n) is 5.42. The highest BCUT2D eigenvalue weighted by molar-refractivity contribution is 6.31. The van der Waals surface area contributed by atoms with Crippen LogP contribution in [0.25, 0.3) is 0 Å². The first-order chi connectivity index (χ1) is 14.5. The highest BCUT2D eigenvalue weighted by atomic mass is 35.5. The Bertz CT molecular complexity index is 1110. The van der Waals surface area contributed by atoms with Gasteiger partial charge in [0.25, 0.3) is 5.91 Å². The molecule has 0 radical (unpaired) electrons. The van der Waals surface area contributed by atoms with E-state index in [0.29, 0.717) is 22.0 Å². The molecule has 3 atom stereocenters. The Morgan fingerprint density at radius 2 is 1.47 bits per heavy atom. The van der Waals surface area contributed by atoms with Crippen LogP contribution in [0, 0.1) is 11.7 Å². The number of carbonyl (C=O) groups excluding carboxylic acids is 2. The van der Waals surface area contributed by atoms with Crippen molar-refractivity contribution in [3.05, 3.63) is 95.3 Å². The van der Waals surface area contributed by atoms with Crippen LogP contribution in [0.3, 0.4) is 0 Å². The van der Waals surface area contributed by atoms with Crippen LogP contribution in [0.2, 0.25) is 5.02 Å². The number of hydrogen-bond acceptors (Lipinski definition) is 4. The minimum atomic E-state index is -0.969. The minimum absolute atomic E-state index is 0.361. The Kier molecular flexibility index (Phi) is 4.53. The molecule has 3 aromatic carbocycles. The molecule has 3 unspecified atom stereocenters. The Balaban J connectivity index is 1.58. The number of anilines is 2. The lowest BCUT2D eigenvalue weighted by molar-refractivity contribution is -0.126. The first-order valence-corrected chi connectivity index (χ1v) is 9.82. The van der Waals surface area contributed by atoms with Crippen LogP contribution in [0.15, 0.2) is 78.9 Å². The summed E-state index contributed by atoms with van der Waals surface area (Å²) in [6.45, 7) is 0. The van der Waals surface area contributed by atoms with E-state index in [-0.39, 0.29) is 11.7 Å². The molecule has 7 heteroatoms. The maximum atomic E-state index is 13.5. The number of benzene rings is 3. The highest BCUT2D eigenvalue weighted by Gasteiger charge is 2.60. The molecule has 3 aromatic rings. The van der Waals surface area contributed by atoms with Gasteiger partial charge in [0, 0.05) is 5.02 Å². The van der Waals surface area contributed by atoms with Gasteiger partial charge in [0.1, 0.15) is 11.7 Å². The number of nitrogens with zero attached hydrogens (tertiary/aromatic N) is 2. The summed E-state index contributed by atoms with van der Waals surface area (Å²) in [5.41, 5.74) is 1.84. The van der Waals surface area contributed by atoms with E-state index in [0.717, 1.165) is 4.90 Å². The third-order valence-corrected chi connectivity index (χ3v) is 5.67. The van der Waals surface area contributed by atoms with Gasteiger partial charge in [-0.1, -0.05) is 41.9 Å². The van der Waals surface area contributed by atoms with Crippen LogP contribution >= 0.6 is 11.6 Å². The average molecular weight is 423 g/mol. The first-order valence-electron chi connectivity index (χ1n) is 9.44. The van der Waals surface area contributed by atoms with E-state index < -0.39 is 24.0 Å². The summed E-state index contributed by atoms with van der Waals surface area (Å²) in [6.07, 6.45) is -0.969. The van der Waals surface area contributed by atoms with Crippen molar-refractivity contribution >= 4 is 34.8 Å². The minimum Gasteiger partial charge on any atom is -0.273 e. The van der Waals surface area contributed by atoms with Crippen molar-refractivity contribution in [2.45, 2.75) is 12.1 Å². The number of fused-ring (bicyclic) bond motifs is 1.